The van der Waals surface area contributed by atoms with E-state index in [0.29, 0.717) is 5.56 Å². The van der Waals surface area contributed by atoms with Crippen molar-refractivity contribution in [3.05, 3.63) is 54.2 Å². The first kappa shape index (κ1) is 14.2. The minimum atomic E-state index is -0.0219. The Morgan fingerprint density at radius 3 is 2.74 bits per heavy atom. The predicted octanol–water partition coefficient (Wildman–Crippen LogP) is 2.87. The van der Waals surface area contributed by atoms with E-state index in [4.69, 9.17) is 0 Å². The van der Waals surface area contributed by atoms with Crippen LogP contribution in [-0.2, 0) is 0 Å². The van der Waals surface area contributed by atoms with Crippen LogP contribution in [0.3, 0.4) is 0 Å². The van der Waals surface area contributed by atoms with E-state index in [0.717, 1.165) is 47.6 Å². The zero-order valence-electron chi connectivity index (χ0n) is 12.9. The van der Waals surface area contributed by atoms with Crippen LogP contribution in [0.15, 0.2) is 48.7 Å². The zero-order chi connectivity index (χ0) is 15.6. The molecule has 4 heteroatoms. The molecule has 0 aliphatic carbocycles. The third kappa shape index (κ3) is 2.66. The standard InChI is InChI=1S/C19H19N3O/c23-19(22-14-7-10-20-11-8-14)17-12-13-4-1-2-5-15(13)16-6-3-9-21-18(16)17/h1-6,9,12,14,20H,7-8,10-11H2,(H,22,23). The van der Waals surface area contributed by atoms with Crippen LogP contribution in [0.4, 0.5) is 0 Å². The summed E-state index contributed by atoms with van der Waals surface area (Å²) < 4.78 is 0. The molecular weight excluding hydrogens is 286 g/mol. The quantitative estimate of drug-likeness (QED) is 0.716. The van der Waals surface area contributed by atoms with Crippen molar-refractivity contribution in [2.75, 3.05) is 13.1 Å². The van der Waals surface area contributed by atoms with Crippen LogP contribution in [0.2, 0.25) is 0 Å². The van der Waals surface area contributed by atoms with Gasteiger partial charge in [-0.2, -0.15) is 0 Å². The molecule has 1 aromatic heterocycles. The van der Waals surface area contributed by atoms with Crippen LogP contribution in [-0.4, -0.2) is 30.0 Å². The van der Waals surface area contributed by atoms with Crippen molar-refractivity contribution in [3.8, 4) is 0 Å². The summed E-state index contributed by atoms with van der Waals surface area (Å²) in [6.07, 6.45) is 3.70. The van der Waals surface area contributed by atoms with Gasteiger partial charge in [0, 0.05) is 17.6 Å². The van der Waals surface area contributed by atoms with E-state index < -0.39 is 0 Å². The summed E-state index contributed by atoms with van der Waals surface area (Å²) in [4.78, 5) is 17.3. The summed E-state index contributed by atoms with van der Waals surface area (Å²) >= 11 is 0. The molecule has 23 heavy (non-hydrogen) atoms. The molecular formula is C19H19N3O. The van der Waals surface area contributed by atoms with Gasteiger partial charge in [-0.15, -0.1) is 0 Å². The fourth-order valence-corrected chi connectivity index (χ4v) is 3.33. The summed E-state index contributed by atoms with van der Waals surface area (Å²) in [6, 6.07) is 14.3. The molecule has 3 aromatic rings. The van der Waals surface area contributed by atoms with E-state index in [-0.39, 0.29) is 11.9 Å². The van der Waals surface area contributed by atoms with Crippen LogP contribution in [0.25, 0.3) is 21.7 Å². The van der Waals surface area contributed by atoms with Crippen molar-refractivity contribution in [3.63, 3.8) is 0 Å². The smallest absolute Gasteiger partial charge is 0.253 e. The Morgan fingerprint density at radius 1 is 1.09 bits per heavy atom. The van der Waals surface area contributed by atoms with Gasteiger partial charge in [-0.25, -0.2) is 0 Å². The lowest BCUT2D eigenvalue weighted by molar-refractivity contribution is 0.0931. The molecule has 1 aliphatic heterocycles. The Bertz CT molecular complexity index is 869. The molecule has 1 saturated heterocycles. The third-order valence-corrected chi connectivity index (χ3v) is 4.53. The van der Waals surface area contributed by atoms with E-state index in [9.17, 15) is 4.79 Å². The van der Waals surface area contributed by atoms with Crippen LogP contribution in [0.5, 0.6) is 0 Å². The van der Waals surface area contributed by atoms with Gasteiger partial charge in [0.25, 0.3) is 5.91 Å². The normalized spacial score (nSPS) is 15.8. The highest BCUT2D eigenvalue weighted by atomic mass is 16.1. The SMILES string of the molecule is O=C(NC1CCNCC1)c1cc2ccccc2c2cccnc12. The molecule has 1 amide bonds. The molecule has 1 fully saturated rings. The molecule has 4 rings (SSSR count). The number of amides is 1. The number of nitrogens with zero attached hydrogens (tertiary/aromatic N) is 1. The number of carbonyl (C=O) groups is 1. The van der Waals surface area contributed by atoms with Gasteiger partial charge in [0.1, 0.15) is 0 Å². The number of hydrogen-bond donors (Lipinski definition) is 2. The average Bonchev–Trinajstić information content (AvgIpc) is 2.62. The summed E-state index contributed by atoms with van der Waals surface area (Å²) in [5.74, 6) is -0.0219. The van der Waals surface area contributed by atoms with Gasteiger partial charge < -0.3 is 10.6 Å². The first-order valence-corrected chi connectivity index (χ1v) is 8.11. The highest BCUT2D eigenvalue weighted by molar-refractivity contribution is 6.15. The molecule has 2 heterocycles. The Balaban J connectivity index is 1.79. The molecule has 4 nitrogen and oxygen atoms in total. The highest BCUT2D eigenvalue weighted by Crippen LogP contribution is 2.27. The average molecular weight is 305 g/mol. The second-order valence-electron chi connectivity index (χ2n) is 6.04. The lowest BCUT2D eigenvalue weighted by Crippen LogP contribution is -2.42. The molecule has 2 aromatic carbocycles. The lowest BCUT2D eigenvalue weighted by atomic mass is 9.99. The number of piperidine rings is 1. The Hall–Kier alpha value is -2.46. The second-order valence-corrected chi connectivity index (χ2v) is 6.04. The largest absolute Gasteiger partial charge is 0.349 e. The number of nitrogens with one attached hydrogen (secondary N) is 2. The lowest BCUT2D eigenvalue weighted by Gasteiger charge is -2.24. The first-order chi connectivity index (χ1) is 11.3. The van der Waals surface area contributed by atoms with E-state index in [1.54, 1.807) is 6.20 Å². The maximum Gasteiger partial charge on any atom is 0.253 e. The Kier molecular flexibility index (Phi) is 3.67. The maximum absolute atomic E-state index is 12.8. The monoisotopic (exact) mass is 305 g/mol. The van der Waals surface area contributed by atoms with Crippen molar-refractivity contribution >= 4 is 27.6 Å². The molecule has 0 bridgehead atoms. The van der Waals surface area contributed by atoms with Gasteiger partial charge in [-0.3, -0.25) is 9.78 Å². The van der Waals surface area contributed by atoms with Crippen LogP contribution >= 0.6 is 0 Å². The summed E-state index contributed by atoms with van der Waals surface area (Å²) in [5.41, 5.74) is 1.44. The van der Waals surface area contributed by atoms with E-state index in [1.807, 2.05) is 36.4 Å². The van der Waals surface area contributed by atoms with Crippen LogP contribution < -0.4 is 10.6 Å². The van der Waals surface area contributed by atoms with Crippen molar-refractivity contribution in [2.45, 2.75) is 18.9 Å². The fraction of sp³-hybridized carbons (Fsp3) is 0.263. The minimum absolute atomic E-state index is 0.0219. The van der Waals surface area contributed by atoms with Crippen molar-refractivity contribution in [2.24, 2.45) is 0 Å². The van der Waals surface area contributed by atoms with Crippen molar-refractivity contribution in [1.82, 2.24) is 15.6 Å². The van der Waals surface area contributed by atoms with Crippen LogP contribution in [0.1, 0.15) is 23.2 Å². The van der Waals surface area contributed by atoms with E-state index in [2.05, 4.69) is 21.7 Å². The number of pyridine rings is 1. The Morgan fingerprint density at radius 2 is 1.87 bits per heavy atom. The second kappa shape index (κ2) is 5.97. The van der Waals surface area contributed by atoms with Gasteiger partial charge in [-0.05, 0) is 48.8 Å². The zero-order valence-corrected chi connectivity index (χ0v) is 12.9. The molecule has 1 aliphatic rings. The topological polar surface area (TPSA) is 54.0 Å². The molecule has 116 valence electrons. The highest BCUT2D eigenvalue weighted by Gasteiger charge is 2.19. The minimum Gasteiger partial charge on any atom is -0.349 e. The third-order valence-electron chi connectivity index (χ3n) is 4.53. The predicted molar refractivity (Wildman–Crippen MR) is 92.6 cm³/mol. The summed E-state index contributed by atoms with van der Waals surface area (Å²) in [6.45, 7) is 1.92. The van der Waals surface area contributed by atoms with Crippen LogP contribution in [0, 0.1) is 0 Å². The molecule has 0 atom stereocenters. The molecule has 0 radical (unpaired) electrons. The molecule has 0 unspecified atom stereocenters. The first-order valence-electron chi connectivity index (χ1n) is 8.11. The number of rotatable bonds is 2. The Labute approximate surface area is 134 Å². The molecule has 2 N–H and O–H groups in total. The number of fused-ring (bicyclic) bond motifs is 3. The number of aromatic nitrogens is 1. The fourth-order valence-electron chi connectivity index (χ4n) is 3.33. The van der Waals surface area contributed by atoms with E-state index >= 15 is 0 Å². The van der Waals surface area contributed by atoms with Gasteiger partial charge in [-0.1, -0.05) is 30.3 Å². The van der Waals surface area contributed by atoms with Crippen molar-refractivity contribution in [1.29, 1.82) is 0 Å². The summed E-state index contributed by atoms with van der Waals surface area (Å²) in [7, 11) is 0. The van der Waals surface area contributed by atoms with E-state index in [1.165, 1.54) is 0 Å². The number of carbonyl (C=O) groups excluding carboxylic acids is 1. The van der Waals surface area contributed by atoms with Crippen molar-refractivity contribution < 1.29 is 4.79 Å². The maximum atomic E-state index is 12.8. The number of benzene rings is 2. The van der Waals surface area contributed by atoms with Gasteiger partial charge in [0.05, 0.1) is 11.1 Å². The molecule has 0 spiro atoms. The van der Waals surface area contributed by atoms with Gasteiger partial charge >= 0.3 is 0 Å². The molecule has 0 saturated carbocycles. The number of hydrogen-bond acceptors (Lipinski definition) is 3. The summed E-state index contributed by atoms with van der Waals surface area (Å²) in [5, 5.41) is 9.73. The van der Waals surface area contributed by atoms with Gasteiger partial charge in [0.2, 0.25) is 0 Å². The van der Waals surface area contributed by atoms with Gasteiger partial charge in [0.15, 0.2) is 0 Å².